The summed E-state index contributed by atoms with van der Waals surface area (Å²) in [4.78, 5) is 17.3. The molecule has 2 aromatic heterocycles. The quantitative estimate of drug-likeness (QED) is 0.536. The predicted molar refractivity (Wildman–Crippen MR) is 104 cm³/mol. The highest BCUT2D eigenvalue weighted by atomic mass is 32.1. The lowest BCUT2D eigenvalue weighted by molar-refractivity contribution is 0.415. The van der Waals surface area contributed by atoms with Gasteiger partial charge in [-0.1, -0.05) is 12.1 Å². The number of rotatable bonds is 4. The van der Waals surface area contributed by atoms with E-state index in [0.717, 1.165) is 26.6 Å². The van der Waals surface area contributed by atoms with E-state index in [-0.39, 0.29) is 17.9 Å². The van der Waals surface area contributed by atoms with Crippen molar-refractivity contribution in [1.82, 2.24) is 14.8 Å². The Morgan fingerprint density at radius 1 is 1.11 bits per heavy atom. The lowest BCUT2D eigenvalue weighted by Crippen LogP contribution is -2.24. The first kappa shape index (κ1) is 17.4. The van der Waals surface area contributed by atoms with Crippen molar-refractivity contribution in [3.63, 3.8) is 0 Å². The molecule has 0 spiro atoms. The molecule has 0 bridgehead atoms. The number of thiazole rings is 1. The second-order valence-electron chi connectivity index (χ2n) is 6.08. The Labute approximate surface area is 158 Å². The summed E-state index contributed by atoms with van der Waals surface area (Å²) < 4.78 is 20.5. The molecular weight excluding hydrogens is 365 g/mol. The van der Waals surface area contributed by atoms with Crippen LogP contribution >= 0.6 is 11.3 Å². The minimum atomic E-state index is -0.316. The maximum Gasteiger partial charge on any atom is 0.294 e. The van der Waals surface area contributed by atoms with Gasteiger partial charge in [-0.2, -0.15) is 5.10 Å². The van der Waals surface area contributed by atoms with Crippen LogP contribution in [0.2, 0.25) is 0 Å². The van der Waals surface area contributed by atoms with E-state index in [1.54, 1.807) is 19.2 Å². The Hall–Kier alpha value is -3.06. The monoisotopic (exact) mass is 381 g/mol. The fourth-order valence-electron chi connectivity index (χ4n) is 2.87. The van der Waals surface area contributed by atoms with Crippen LogP contribution in [0.5, 0.6) is 5.75 Å². The number of aryl methyl sites for hydroxylation is 1. The van der Waals surface area contributed by atoms with Crippen LogP contribution in [0.3, 0.4) is 0 Å². The molecule has 2 aromatic carbocycles. The van der Waals surface area contributed by atoms with Gasteiger partial charge < -0.3 is 4.74 Å². The van der Waals surface area contributed by atoms with E-state index >= 15 is 0 Å². The molecule has 0 amide bonds. The first-order valence-corrected chi connectivity index (χ1v) is 9.14. The molecule has 0 fully saturated rings. The summed E-state index contributed by atoms with van der Waals surface area (Å²) in [5.41, 5.74) is 2.51. The highest BCUT2D eigenvalue weighted by Gasteiger charge is 2.16. The number of nitrogens with zero attached hydrogens (tertiary/aromatic N) is 3. The zero-order valence-electron chi connectivity index (χ0n) is 14.8. The average Bonchev–Trinajstić information content (AvgIpc) is 3.08. The van der Waals surface area contributed by atoms with Crippen LogP contribution in [-0.4, -0.2) is 21.9 Å². The number of benzene rings is 2. The SMILES string of the molecule is COc1ccc(-c2nn(Cc3ccc(F)cc3)c(=O)c3nc(C)sc23)cc1. The van der Waals surface area contributed by atoms with Crippen molar-refractivity contribution < 1.29 is 9.13 Å². The lowest BCUT2D eigenvalue weighted by atomic mass is 10.1. The smallest absolute Gasteiger partial charge is 0.294 e. The molecule has 2 heterocycles. The van der Waals surface area contributed by atoms with Crippen molar-refractivity contribution in [3.8, 4) is 17.0 Å². The number of aromatic nitrogens is 3. The minimum absolute atomic E-state index is 0.245. The normalized spacial score (nSPS) is 11.1. The van der Waals surface area contributed by atoms with Crippen molar-refractivity contribution in [2.45, 2.75) is 13.5 Å². The second-order valence-corrected chi connectivity index (χ2v) is 7.28. The summed E-state index contributed by atoms with van der Waals surface area (Å²) in [5.74, 6) is 0.429. The number of fused-ring (bicyclic) bond motifs is 1. The van der Waals surface area contributed by atoms with Crippen molar-refractivity contribution in [2.24, 2.45) is 0 Å². The maximum atomic E-state index is 13.2. The molecule has 5 nitrogen and oxygen atoms in total. The third-order valence-corrected chi connectivity index (χ3v) is 5.19. The van der Waals surface area contributed by atoms with Gasteiger partial charge >= 0.3 is 0 Å². The molecule has 7 heteroatoms. The third-order valence-electron chi connectivity index (χ3n) is 4.22. The van der Waals surface area contributed by atoms with E-state index in [1.165, 1.54) is 28.2 Å². The van der Waals surface area contributed by atoms with Gasteiger partial charge in [0.2, 0.25) is 0 Å². The minimum Gasteiger partial charge on any atom is -0.497 e. The van der Waals surface area contributed by atoms with E-state index in [2.05, 4.69) is 10.1 Å². The largest absolute Gasteiger partial charge is 0.497 e. The Kier molecular flexibility index (Phi) is 4.45. The molecule has 0 atom stereocenters. The van der Waals surface area contributed by atoms with Gasteiger partial charge in [-0.15, -0.1) is 11.3 Å². The third kappa shape index (κ3) is 3.33. The van der Waals surface area contributed by atoms with Crippen LogP contribution in [0.15, 0.2) is 53.3 Å². The van der Waals surface area contributed by atoms with Crippen LogP contribution in [0.1, 0.15) is 10.6 Å². The molecule has 0 aliphatic rings. The fourth-order valence-corrected chi connectivity index (χ4v) is 3.79. The number of hydrogen-bond donors (Lipinski definition) is 0. The summed E-state index contributed by atoms with van der Waals surface area (Å²) in [7, 11) is 1.61. The second kappa shape index (κ2) is 6.92. The summed E-state index contributed by atoms with van der Waals surface area (Å²) in [6.45, 7) is 2.11. The summed E-state index contributed by atoms with van der Waals surface area (Å²) in [5, 5.41) is 5.40. The molecule has 0 saturated carbocycles. The van der Waals surface area contributed by atoms with Crippen LogP contribution in [0, 0.1) is 12.7 Å². The molecule has 4 rings (SSSR count). The first-order valence-electron chi connectivity index (χ1n) is 8.32. The van der Waals surface area contributed by atoms with E-state index in [0.29, 0.717) is 11.2 Å². The number of methoxy groups -OCH3 is 1. The fraction of sp³-hybridized carbons (Fsp3) is 0.150. The van der Waals surface area contributed by atoms with Crippen molar-refractivity contribution in [3.05, 3.63) is 75.3 Å². The summed E-state index contributed by atoms with van der Waals surface area (Å²) in [6, 6.07) is 13.6. The van der Waals surface area contributed by atoms with Gasteiger partial charge in [-0.25, -0.2) is 14.1 Å². The van der Waals surface area contributed by atoms with Crippen molar-refractivity contribution in [2.75, 3.05) is 7.11 Å². The zero-order chi connectivity index (χ0) is 19.0. The Balaban J connectivity index is 1.88. The highest BCUT2D eigenvalue weighted by Crippen LogP contribution is 2.30. The molecule has 4 aromatic rings. The standard InChI is InChI=1S/C20H16FN3O2S/c1-12-22-18-19(27-12)17(14-5-9-16(26-2)10-6-14)23-24(20(18)25)11-13-3-7-15(21)8-4-13/h3-10H,11H2,1-2H3. The van der Waals surface area contributed by atoms with Gasteiger partial charge in [0, 0.05) is 5.56 Å². The highest BCUT2D eigenvalue weighted by molar-refractivity contribution is 7.19. The molecule has 0 aliphatic heterocycles. The Morgan fingerprint density at radius 2 is 1.81 bits per heavy atom. The Bertz CT molecular complexity index is 1170. The van der Waals surface area contributed by atoms with Gasteiger partial charge in [0.1, 0.15) is 17.3 Å². The topological polar surface area (TPSA) is 57.0 Å². The molecule has 0 N–H and O–H groups in total. The van der Waals surface area contributed by atoms with Crippen LogP contribution in [0.4, 0.5) is 4.39 Å². The molecular formula is C20H16FN3O2S. The molecule has 0 saturated heterocycles. The van der Waals surface area contributed by atoms with Gasteiger partial charge in [0.15, 0.2) is 5.52 Å². The first-order chi connectivity index (χ1) is 13.0. The van der Waals surface area contributed by atoms with Crippen LogP contribution in [0.25, 0.3) is 21.5 Å². The molecule has 0 aliphatic carbocycles. The molecule has 0 radical (unpaired) electrons. The van der Waals surface area contributed by atoms with Crippen LogP contribution in [-0.2, 0) is 6.54 Å². The predicted octanol–water partition coefficient (Wildman–Crippen LogP) is 4.02. The van der Waals surface area contributed by atoms with Gasteiger partial charge in [0.05, 0.1) is 23.4 Å². The van der Waals surface area contributed by atoms with Crippen molar-refractivity contribution in [1.29, 1.82) is 0 Å². The maximum absolute atomic E-state index is 13.2. The molecule has 136 valence electrons. The number of hydrogen-bond acceptors (Lipinski definition) is 5. The lowest BCUT2D eigenvalue weighted by Gasteiger charge is -2.09. The Morgan fingerprint density at radius 3 is 2.48 bits per heavy atom. The van der Waals surface area contributed by atoms with E-state index in [1.807, 2.05) is 31.2 Å². The van der Waals surface area contributed by atoms with Crippen molar-refractivity contribution >= 4 is 21.6 Å². The van der Waals surface area contributed by atoms with E-state index in [9.17, 15) is 9.18 Å². The van der Waals surface area contributed by atoms with Gasteiger partial charge in [-0.05, 0) is 48.9 Å². The molecule has 0 unspecified atom stereocenters. The number of ether oxygens (including phenoxy) is 1. The van der Waals surface area contributed by atoms with Gasteiger partial charge in [-0.3, -0.25) is 4.79 Å². The number of halogens is 1. The summed E-state index contributed by atoms with van der Waals surface area (Å²) in [6.07, 6.45) is 0. The zero-order valence-corrected chi connectivity index (χ0v) is 15.6. The average molecular weight is 381 g/mol. The van der Waals surface area contributed by atoms with E-state index < -0.39 is 0 Å². The summed E-state index contributed by atoms with van der Waals surface area (Å²) >= 11 is 1.45. The van der Waals surface area contributed by atoms with Gasteiger partial charge in [0.25, 0.3) is 5.56 Å². The van der Waals surface area contributed by atoms with Crippen LogP contribution < -0.4 is 10.3 Å². The van der Waals surface area contributed by atoms with E-state index in [4.69, 9.17) is 4.74 Å². The molecule has 27 heavy (non-hydrogen) atoms.